The molecule has 33 heavy (non-hydrogen) atoms. The molecule has 0 saturated heterocycles. The summed E-state index contributed by atoms with van der Waals surface area (Å²) in [5.41, 5.74) is 3.45. The molecule has 2 unspecified atom stereocenters. The van der Waals surface area contributed by atoms with E-state index in [1.54, 1.807) is 0 Å². The first kappa shape index (κ1) is 26.3. The fourth-order valence-corrected chi connectivity index (χ4v) is 3.63. The van der Waals surface area contributed by atoms with Gasteiger partial charge in [0.25, 0.3) is 0 Å². The molecule has 4 nitrogen and oxygen atoms in total. The molecule has 0 aliphatic carbocycles. The summed E-state index contributed by atoms with van der Waals surface area (Å²) in [5, 5.41) is 12.6. The Labute approximate surface area is 202 Å². The Balaban J connectivity index is 0.00000385. The Bertz CT molecular complexity index is 1000. The van der Waals surface area contributed by atoms with Gasteiger partial charge in [0.1, 0.15) is 17.9 Å². The molecule has 3 N–H and O–H groups in total. The summed E-state index contributed by atoms with van der Waals surface area (Å²) in [5.74, 6) is 0.903. The average molecular weight is 466 g/mol. The highest BCUT2D eigenvalue weighted by Gasteiger charge is 2.20. The van der Waals surface area contributed by atoms with E-state index in [-0.39, 0.29) is 24.2 Å². The van der Waals surface area contributed by atoms with Crippen LogP contribution in [-0.4, -0.2) is 30.1 Å². The van der Waals surface area contributed by atoms with Crippen LogP contribution in [-0.2, 0) is 4.79 Å². The van der Waals surface area contributed by atoms with Crippen LogP contribution in [0.1, 0.15) is 43.1 Å². The van der Waals surface area contributed by atoms with E-state index in [1.165, 1.54) is 0 Å². The lowest BCUT2D eigenvalue weighted by molar-refractivity contribution is -0.693. The largest absolute Gasteiger partial charge is 1.00 e. The highest BCUT2D eigenvalue weighted by Crippen LogP contribution is 2.22. The molecule has 3 aromatic rings. The Morgan fingerprint density at radius 3 is 2.18 bits per heavy atom. The van der Waals surface area contributed by atoms with Crippen molar-refractivity contribution >= 4 is 17.4 Å². The number of quaternary nitrogens is 1. The number of aliphatic hydroxyl groups is 1. The van der Waals surface area contributed by atoms with Gasteiger partial charge in [0.15, 0.2) is 5.78 Å². The van der Waals surface area contributed by atoms with Crippen molar-refractivity contribution in [3.63, 3.8) is 0 Å². The van der Waals surface area contributed by atoms with E-state index in [0.717, 1.165) is 22.4 Å². The Morgan fingerprint density at radius 1 is 0.970 bits per heavy atom. The second-order valence-electron chi connectivity index (χ2n) is 7.84. The molecule has 174 valence electrons. The number of aliphatic hydroxyl groups excluding tert-OH is 1. The van der Waals surface area contributed by atoms with Gasteiger partial charge in [-0.3, -0.25) is 4.79 Å². The number of hydrogen-bond acceptors (Lipinski definition) is 3. The summed E-state index contributed by atoms with van der Waals surface area (Å²) in [7, 11) is 0. The Morgan fingerprint density at radius 2 is 1.58 bits per heavy atom. The number of ether oxygens (including phenoxy) is 1. The molecule has 0 heterocycles. The van der Waals surface area contributed by atoms with Crippen LogP contribution in [0.4, 0.5) is 0 Å². The van der Waals surface area contributed by atoms with Crippen LogP contribution < -0.4 is 22.5 Å². The summed E-state index contributed by atoms with van der Waals surface area (Å²) >= 11 is 0. The highest BCUT2D eigenvalue weighted by molar-refractivity contribution is 6.25. The highest BCUT2D eigenvalue weighted by atomic mass is 35.5. The van der Waals surface area contributed by atoms with E-state index >= 15 is 0 Å². The van der Waals surface area contributed by atoms with Crippen LogP contribution in [0.2, 0.25) is 0 Å². The van der Waals surface area contributed by atoms with Gasteiger partial charge >= 0.3 is 0 Å². The number of rotatable bonds is 11. The van der Waals surface area contributed by atoms with Gasteiger partial charge in [-0.25, -0.2) is 0 Å². The molecule has 0 aliphatic rings. The van der Waals surface area contributed by atoms with Crippen LogP contribution in [0.5, 0.6) is 5.75 Å². The van der Waals surface area contributed by atoms with E-state index < -0.39 is 6.10 Å². The van der Waals surface area contributed by atoms with Crippen molar-refractivity contribution in [1.29, 1.82) is 0 Å². The van der Waals surface area contributed by atoms with Gasteiger partial charge in [-0.1, -0.05) is 72.8 Å². The lowest BCUT2D eigenvalue weighted by atomic mass is 9.97. The van der Waals surface area contributed by atoms with Crippen LogP contribution >= 0.6 is 0 Å². The normalized spacial score (nSPS) is 13.0. The van der Waals surface area contributed by atoms with Crippen molar-refractivity contribution in [2.45, 2.75) is 32.4 Å². The summed E-state index contributed by atoms with van der Waals surface area (Å²) in [4.78, 5) is 13.2. The molecule has 0 spiro atoms. The van der Waals surface area contributed by atoms with Gasteiger partial charge in [0, 0.05) is 5.57 Å². The fraction of sp³-hybridized carbons (Fsp3) is 0.250. The number of hydrogen-bond donors (Lipinski definition) is 2. The van der Waals surface area contributed by atoms with Crippen LogP contribution in [0.3, 0.4) is 0 Å². The standard InChI is InChI=1S/C28H31NO3.ClH/c1-3-32-25-16-14-22(15-17-25)20-26(23-10-6-4-7-11-23)27(30)18-19-29-21(2)28(31)24-12-8-5-9-13-24;/h4-17,20-21,28-29,31H,3,18-19H2,1-2H3;1H/b26-20+;. The molecular weight excluding hydrogens is 434 g/mol. The first-order valence-corrected chi connectivity index (χ1v) is 11.2. The maximum absolute atomic E-state index is 13.2. The average Bonchev–Trinajstić information content (AvgIpc) is 2.84. The van der Waals surface area contributed by atoms with E-state index in [2.05, 4.69) is 0 Å². The maximum Gasteiger partial charge on any atom is 0.169 e. The van der Waals surface area contributed by atoms with Gasteiger partial charge in [-0.2, -0.15) is 0 Å². The molecule has 0 amide bonds. The van der Waals surface area contributed by atoms with Crippen LogP contribution in [0.25, 0.3) is 11.6 Å². The molecule has 0 aliphatic heterocycles. The zero-order valence-electron chi connectivity index (χ0n) is 19.2. The third kappa shape index (κ3) is 7.86. The number of nitrogens with two attached hydrogens (primary N) is 1. The van der Waals surface area contributed by atoms with Gasteiger partial charge in [0.05, 0.1) is 19.6 Å². The number of ketones is 1. The van der Waals surface area contributed by atoms with Crippen LogP contribution in [0, 0.1) is 0 Å². The summed E-state index contributed by atoms with van der Waals surface area (Å²) in [6.07, 6.45) is 1.76. The van der Waals surface area contributed by atoms with Crippen molar-refractivity contribution in [3.05, 3.63) is 102 Å². The van der Waals surface area contributed by atoms with Crippen molar-refractivity contribution in [1.82, 2.24) is 0 Å². The van der Waals surface area contributed by atoms with Gasteiger partial charge in [-0.15, -0.1) is 0 Å². The molecule has 0 radical (unpaired) electrons. The fourth-order valence-electron chi connectivity index (χ4n) is 3.63. The first-order chi connectivity index (χ1) is 15.6. The van der Waals surface area contributed by atoms with Crippen molar-refractivity contribution in [2.24, 2.45) is 0 Å². The number of carbonyl (C=O) groups is 1. The van der Waals surface area contributed by atoms with Gasteiger partial charge in [-0.05, 0) is 48.7 Å². The topological polar surface area (TPSA) is 63.1 Å². The van der Waals surface area contributed by atoms with Gasteiger partial charge < -0.3 is 27.6 Å². The minimum atomic E-state index is -0.570. The molecule has 2 atom stereocenters. The van der Waals surface area contributed by atoms with Crippen molar-refractivity contribution in [3.8, 4) is 5.75 Å². The monoisotopic (exact) mass is 465 g/mol. The van der Waals surface area contributed by atoms with E-state index in [9.17, 15) is 9.90 Å². The predicted octanol–water partition coefficient (Wildman–Crippen LogP) is 1.27. The summed E-state index contributed by atoms with van der Waals surface area (Å²) < 4.78 is 5.51. The number of allylic oxidation sites excluding steroid dienone is 1. The second-order valence-corrected chi connectivity index (χ2v) is 7.84. The quantitative estimate of drug-likeness (QED) is 0.331. The minimum absolute atomic E-state index is 0. The third-order valence-corrected chi connectivity index (χ3v) is 5.44. The third-order valence-electron chi connectivity index (χ3n) is 5.44. The van der Waals surface area contributed by atoms with E-state index in [0.29, 0.717) is 25.1 Å². The predicted molar refractivity (Wildman–Crippen MR) is 129 cm³/mol. The second kappa shape index (κ2) is 13.6. The van der Waals surface area contributed by atoms with Crippen LogP contribution in [0.15, 0.2) is 84.9 Å². The molecule has 0 aromatic heterocycles. The van der Waals surface area contributed by atoms with Crippen molar-refractivity contribution in [2.75, 3.05) is 13.2 Å². The lowest BCUT2D eigenvalue weighted by Crippen LogP contribution is -3.00. The molecule has 3 rings (SSSR count). The van der Waals surface area contributed by atoms with Crippen molar-refractivity contribution < 1.29 is 32.4 Å². The molecule has 0 fully saturated rings. The first-order valence-electron chi connectivity index (χ1n) is 11.2. The zero-order valence-corrected chi connectivity index (χ0v) is 19.9. The SMILES string of the molecule is CCOc1ccc(/C=C(/C(=O)CC[NH2+]C(C)C(O)c2ccccc2)c2ccccc2)cc1.[Cl-]. The molecule has 3 aromatic carbocycles. The molecular formula is C28H32ClNO3. The lowest BCUT2D eigenvalue weighted by Gasteiger charge is -2.18. The Kier molecular flexibility index (Phi) is 10.8. The van der Waals surface area contributed by atoms with Gasteiger partial charge in [0.2, 0.25) is 0 Å². The molecule has 0 saturated carbocycles. The summed E-state index contributed by atoms with van der Waals surface area (Å²) in [6, 6.07) is 27.1. The minimum Gasteiger partial charge on any atom is -1.00 e. The number of Topliss-reactive ketones (excluding diaryl/α,β-unsaturated/α-hetero) is 1. The van der Waals surface area contributed by atoms with E-state index in [1.807, 2.05) is 110 Å². The summed E-state index contributed by atoms with van der Waals surface area (Å²) in [6.45, 7) is 5.17. The molecule has 5 heteroatoms. The number of benzene rings is 3. The number of halogens is 1. The zero-order chi connectivity index (χ0) is 22.8. The smallest absolute Gasteiger partial charge is 0.169 e. The van der Waals surface area contributed by atoms with E-state index in [4.69, 9.17) is 4.74 Å². The Hall–Kier alpha value is -2.92. The number of carbonyl (C=O) groups excluding carboxylic acids is 1. The molecule has 0 bridgehead atoms. The maximum atomic E-state index is 13.2.